The van der Waals surface area contributed by atoms with Crippen molar-refractivity contribution in [1.29, 1.82) is 0 Å². The van der Waals surface area contributed by atoms with Gasteiger partial charge in [-0.2, -0.15) is 0 Å². The van der Waals surface area contributed by atoms with E-state index in [4.69, 9.17) is 19.4 Å². The van der Waals surface area contributed by atoms with Gasteiger partial charge in [-0.05, 0) is 55.9 Å². The van der Waals surface area contributed by atoms with Crippen molar-refractivity contribution in [2.24, 2.45) is 0 Å². The molecule has 2 aromatic heterocycles. The van der Waals surface area contributed by atoms with Gasteiger partial charge in [0.2, 0.25) is 6.79 Å². The molecule has 1 fully saturated rings. The predicted octanol–water partition coefficient (Wildman–Crippen LogP) is 3.93. The minimum absolute atomic E-state index is 0.330. The van der Waals surface area contributed by atoms with E-state index < -0.39 is 0 Å². The number of benzene rings is 1. The number of nitrogens with zero attached hydrogens (tertiary/aromatic N) is 4. The lowest BCUT2D eigenvalue weighted by Crippen LogP contribution is -2.46. The number of hydrogen-bond acceptors (Lipinski definition) is 7. The lowest BCUT2D eigenvalue weighted by atomic mass is 9.97. The Morgan fingerprint density at radius 1 is 1.00 bits per heavy atom. The van der Waals surface area contributed by atoms with Crippen LogP contribution in [0.5, 0.6) is 11.5 Å². The van der Waals surface area contributed by atoms with Crippen molar-refractivity contribution in [2.75, 3.05) is 37.9 Å². The van der Waals surface area contributed by atoms with Crippen molar-refractivity contribution in [3.05, 3.63) is 40.0 Å². The zero-order valence-electron chi connectivity index (χ0n) is 17.3. The molecule has 6 rings (SSSR count). The number of fused-ring (bicyclic) bond motifs is 4. The highest BCUT2D eigenvalue weighted by Gasteiger charge is 2.26. The van der Waals surface area contributed by atoms with Crippen LogP contribution >= 0.6 is 11.3 Å². The van der Waals surface area contributed by atoms with Gasteiger partial charge >= 0.3 is 0 Å². The molecule has 0 radical (unpaired) electrons. The first-order chi connectivity index (χ1) is 14.7. The smallest absolute Gasteiger partial charge is 0.231 e. The van der Waals surface area contributed by atoms with Crippen LogP contribution in [-0.4, -0.2) is 47.8 Å². The largest absolute Gasteiger partial charge is 0.454 e. The number of aryl methyl sites for hydroxylation is 3. The minimum Gasteiger partial charge on any atom is -0.454 e. The van der Waals surface area contributed by atoms with Crippen molar-refractivity contribution in [2.45, 2.75) is 39.2 Å². The zero-order valence-corrected chi connectivity index (χ0v) is 18.1. The van der Waals surface area contributed by atoms with Crippen LogP contribution in [0.1, 0.15) is 34.7 Å². The first-order valence-corrected chi connectivity index (χ1v) is 11.7. The Hall–Kier alpha value is -2.38. The van der Waals surface area contributed by atoms with E-state index in [9.17, 15) is 0 Å². The van der Waals surface area contributed by atoms with Crippen LogP contribution in [0, 0.1) is 6.92 Å². The van der Waals surface area contributed by atoms with Gasteiger partial charge in [-0.25, -0.2) is 9.97 Å². The number of hydrogen-bond donors (Lipinski definition) is 0. The second-order valence-corrected chi connectivity index (χ2v) is 9.52. The highest BCUT2D eigenvalue weighted by Crippen LogP contribution is 2.40. The van der Waals surface area contributed by atoms with Crippen LogP contribution in [0.3, 0.4) is 0 Å². The summed E-state index contributed by atoms with van der Waals surface area (Å²) < 4.78 is 11.0. The van der Waals surface area contributed by atoms with Crippen molar-refractivity contribution >= 4 is 27.4 Å². The molecule has 0 amide bonds. The first-order valence-electron chi connectivity index (χ1n) is 10.9. The third-order valence-electron chi connectivity index (χ3n) is 6.42. The van der Waals surface area contributed by atoms with Gasteiger partial charge < -0.3 is 14.4 Å². The molecule has 0 spiro atoms. The van der Waals surface area contributed by atoms with Crippen LogP contribution in [0.4, 0.5) is 5.82 Å². The average molecular weight is 423 g/mol. The van der Waals surface area contributed by atoms with Crippen LogP contribution in [0.25, 0.3) is 10.2 Å². The number of thiophene rings is 1. The normalized spacial score (nSPS) is 18.8. The maximum atomic E-state index is 5.53. The molecule has 0 saturated carbocycles. The van der Waals surface area contributed by atoms with Gasteiger partial charge in [-0.3, -0.25) is 4.90 Å². The number of rotatable bonds is 3. The Kier molecular flexibility index (Phi) is 4.53. The van der Waals surface area contributed by atoms with Gasteiger partial charge in [-0.15, -0.1) is 11.3 Å². The third-order valence-corrected chi connectivity index (χ3v) is 7.61. The highest BCUT2D eigenvalue weighted by atomic mass is 32.1. The van der Waals surface area contributed by atoms with Gasteiger partial charge in [0, 0.05) is 37.6 Å². The molecule has 0 atom stereocenters. The zero-order chi connectivity index (χ0) is 20.1. The van der Waals surface area contributed by atoms with Gasteiger partial charge in [0.05, 0.1) is 5.39 Å². The van der Waals surface area contributed by atoms with E-state index in [0.717, 1.165) is 50.0 Å². The van der Waals surface area contributed by atoms with Gasteiger partial charge in [0.1, 0.15) is 16.5 Å². The molecule has 1 aliphatic carbocycles. The summed E-state index contributed by atoms with van der Waals surface area (Å²) in [5, 5.41) is 1.34. The first kappa shape index (κ1) is 18.4. The standard InChI is InChI=1S/C23H26N4O2S/c1-15-24-22(21-17-4-2-3-5-20(17)30-23(21)25-15)27-10-8-26(9-11-27)13-16-6-7-18-19(12-16)29-14-28-18/h6-7,12H,2-5,8-11,13-14H2,1H3. The molecule has 2 aliphatic heterocycles. The Balaban J connectivity index is 1.21. The van der Waals surface area contributed by atoms with Crippen LogP contribution in [0.2, 0.25) is 0 Å². The molecule has 0 bridgehead atoms. The number of aromatic nitrogens is 2. The maximum absolute atomic E-state index is 5.53. The van der Waals surface area contributed by atoms with Crippen molar-refractivity contribution in [3.63, 3.8) is 0 Å². The molecule has 3 aromatic rings. The van der Waals surface area contributed by atoms with E-state index in [0.29, 0.717) is 6.79 Å². The fraction of sp³-hybridized carbons (Fsp3) is 0.478. The van der Waals surface area contributed by atoms with Crippen LogP contribution in [-0.2, 0) is 19.4 Å². The monoisotopic (exact) mass is 422 g/mol. The van der Waals surface area contributed by atoms with Gasteiger partial charge in [0.15, 0.2) is 11.5 Å². The van der Waals surface area contributed by atoms with Gasteiger partial charge in [0.25, 0.3) is 0 Å². The molecule has 6 nitrogen and oxygen atoms in total. The summed E-state index contributed by atoms with van der Waals surface area (Å²) in [7, 11) is 0. The Morgan fingerprint density at radius 3 is 2.73 bits per heavy atom. The van der Waals surface area contributed by atoms with E-state index >= 15 is 0 Å². The van der Waals surface area contributed by atoms with E-state index in [-0.39, 0.29) is 0 Å². The lowest BCUT2D eigenvalue weighted by molar-refractivity contribution is 0.174. The summed E-state index contributed by atoms with van der Waals surface area (Å²) in [6, 6.07) is 6.28. The Bertz CT molecular complexity index is 1100. The summed E-state index contributed by atoms with van der Waals surface area (Å²) in [4.78, 5) is 17.4. The predicted molar refractivity (Wildman–Crippen MR) is 119 cm³/mol. The van der Waals surface area contributed by atoms with Crippen LogP contribution in [0.15, 0.2) is 18.2 Å². The molecule has 0 unspecified atom stereocenters. The molecular weight excluding hydrogens is 396 g/mol. The minimum atomic E-state index is 0.330. The molecule has 1 aromatic carbocycles. The quantitative estimate of drug-likeness (QED) is 0.638. The van der Waals surface area contributed by atoms with E-state index in [1.165, 1.54) is 52.8 Å². The molecular formula is C23H26N4O2S. The van der Waals surface area contributed by atoms with Crippen molar-refractivity contribution in [3.8, 4) is 11.5 Å². The number of piperazine rings is 1. The van der Waals surface area contributed by atoms with Crippen molar-refractivity contribution < 1.29 is 9.47 Å². The Labute approximate surface area is 180 Å². The summed E-state index contributed by atoms with van der Waals surface area (Å²) >= 11 is 1.89. The molecule has 30 heavy (non-hydrogen) atoms. The molecule has 3 aliphatic rings. The Morgan fingerprint density at radius 2 is 1.83 bits per heavy atom. The fourth-order valence-corrected chi connectivity index (χ4v) is 6.19. The summed E-state index contributed by atoms with van der Waals surface area (Å²) in [6.45, 7) is 7.36. The maximum Gasteiger partial charge on any atom is 0.231 e. The van der Waals surface area contributed by atoms with Crippen molar-refractivity contribution in [1.82, 2.24) is 14.9 Å². The highest BCUT2D eigenvalue weighted by molar-refractivity contribution is 7.19. The van der Waals surface area contributed by atoms with E-state index in [1.54, 1.807) is 4.88 Å². The molecule has 1 saturated heterocycles. The topological polar surface area (TPSA) is 50.7 Å². The summed E-state index contributed by atoms with van der Waals surface area (Å²) in [5.74, 6) is 3.77. The lowest BCUT2D eigenvalue weighted by Gasteiger charge is -2.36. The number of ether oxygens (including phenoxy) is 2. The summed E-state index contributed by atoms with van der Waals surface area (Å²) in [5.41, 5.74) is 2.80. The third kappa shape index (κ3) is 3.20. The molecule has 7 heteroatoms. The molecule has 156 valence electrons. The number of anilines is 1. The van der Waals surface area contributed by atoms with E-state index in [2.05, 4.69) is 21.9 Å². The van der Waals surface area contributed by atoms with E-state index in [1.807, 2.05) is 24.3 Å². The van der Waals surface area contributed by atoms with Crippen LogP contribution < -0.4 is 14.4 Å². The summed E-state index contributed by atoms with van der Waals surface area (Å²) in [6.07, 6.45) is 4.98. The second kappa shape index (κ2) is 7.39. The van der Waals surface area contributed by atoms with Gasteiger partial charge in [-0.1, -0.05) is 6.07 Å². The molecule has 0 N–H and O–H groups in total. The average Bonchev–Trinajstić information content (AvgIpc) is 3.37. The fourth-order valence-electron chi connectivity index (χ4n) is 4.89. The SMILES string of the molecule is Cc1nc(N2CCN(Cc3ccc4c(c3)OCO4)CC2)c2c3c(sc2n1)CCCC3. The molecule has 4 heterocycles. The second-order valence-electron chi connectivity index (χ2n) is 8.44.